The first-order valence-electron chi connectivity index (χ1n) is 10.9. The van der Waals surface area contributed by atoms with Gasteiger partial charge in [-0.25, -0.2) is 9.37 Å². The molecule has 1 unspecified atom stereocenters. The second-order valence-corrected chi connectivity index (χ2v) is 10.7. The summed E-state index contributed by atoms with van der Waals surface area (Å²) in [6.45, 7) is 9.83. The Hall–Kier alpha value is -1.94. The maximum absolute atomic E-state index is 13.4. The fourth-order valence-electron chi connectivity index (χ4n) is 6.77. The number of allylic oxidation sites excluding steroid dienone is 1. The molecule has 1 aromatic heterocycles. The topological polar surface area (TPSA) is 38.0 Å². The zero-order valence-electron chi connectivity index (χ0n) is 17.9. The lowest BCUT2D eigenvalue weighted by molar-refractivity contribution is -0.260. The highest BCUT2D eigenvalue weighted by Gasteiger charge is 2.70. The van der Waals surface area contributed by atoms with E-state index in [0.29, 0.717) is 5.92 Å². The molecule has 2 aliphatic carbocycles. The highest BCUT2D eigenvalue weighted by atomic mass is 19.1. The van der Waals surface area contributed by atoms with Crippen LogP contribution < -0.4 is 0 Å². The lowest BCUT2D eigenvalue weighted by Crippen LogP contribution is -2.72. The normalized spacial score (nSPS) is 33.2. The quantitative estimate of drug-likeness (QED) is 0.710. The number of benzene rings is 1. The molecule has 0 amide bonds. The van der Waals surface area contributed by atoms with Crippen LogP contribution in [0.4, 0.5) is 4.39 Å². The van der Waals surface area contributed by atoms with Crippen LogP contribution in [0.2, 0.25) is 0 Å². The molecule has 1 spiro atoms. The van der Waals surface area contributed by atoms with E-state index in [2.05, 4.69) is 38.3 Å². The molecule has 4 atom stereocenters. The summed E-state index contributed by atoms with van der Waals surface area (Å²) in [5.41, 5.74) is 4.04. The highest BCUT2D eigenvalue weighted by molar-refractivity contribution is 5.73. The molecule has 1 aliphatic heterocycles. The predicted molar refractivity (Wildman–Crippen MR) is 114 cm³/mol. The Bertz CT molecular complexity index is 983. The minimum Gasteiger partial charge on any atom is -0.389 e. The molecule has 3 aliphatic rings. The molecule has 2 heterocycles. The average Bonchev–Trinajstić information content (AvgIpc) is 3.07. The van der Waals surface area contributed by atoms with E-state index in [0.717, 1.165) is 49.2 Å². The minimum atomic E-state index is -0.588. The monoisotopic (exact) mass is 394 g/mol. The van der Waals surface area contributed by atoms with Crippen LogP contribution >= 0.6 is 0 Å². The van der Waals surface area contributed by atoms with Crippen molar-refractivity contribution >= 4 is 6.08 Å². The minimum absolute atomic E-state index is 0.0476. The van der Waals surface area contributed by atoms with Crippen LogP contribution in [0.15, 0.2) is 36.2 Å². The van der Waals surface area contributed by atoms with E-state index in [-0.39, 0.29) is 22.6 Å². The molecular weight excluding hydrogens is 363 g/mol. The van der Waals surface area contributed by atoms with Crippen molar-refractivity contribution in [3.8, 4) is 11.3 Å². The van der Waals surface area contributed by atoms with Gasteiger partial charge < -0.3 is 9.67 Å². The van der Waals surface area contributed by atoms with Crippen LogP contribution in [-0.4, -0.2) is 20.3 Å². The Morgan fingerprint density at radius 2 is 1.97 bits per heavy atom. The van der Waals surface area contributed by atoms with Gasteiger partial charge in [0.2, 0.25) is 0 Å². The molecule has 0 saturated heterocycles. The summed E-state index contributed by atoms with van der Waals surface area (Å²) in [5.74, 6) is 0.320. The lowest BCUT2D eigenvalue weighted by Gasteiger charge is -2.70. The van der Waals surface area contributed by atoms with Gasteiger partial charge in [0.05, 0.1) is 23.3 Å². The van der Waals surface area contributed by atoms with E-state index in [9.17, 15) is 9.50 Å². The van der Waals surface area contributed by atoms with Gasteiger partial charge in [0.1, 0.15) is 5.82 Å². The first kappa shape index (κ1) is 19.0. The molecule has 2 saturated carbocycles. The van der Waals surface area contributed by atoms with Gasteiger partial charge in [0.15, 0.2) is 0 Å². The number of nitrogens with zero attached hydrogens (tertiary/aromatic N) is 2. The average molecular weight is 395 g/mol. The smallest absolute Gasteiger partial charge is 0.123 e. The maximum atomic E-state index is 13.4. The summed E-state index contributed by atoms with van der Waals surface area (Å²) in [7, 11) is 0. The number of fused-ring (bicyclic) bond motifs is 1. The molecule has 0 bridgehead atoms. The van der Waals surface area contributed by atoms with E-state index in [1.807, 2.05) is 6.33 Å². The van der Waals surface area contributed by atoms with E-state index < -0.39 is 5.60 Å². The van der Waals surface area contributed by atoms with E-state index >= 15 is 0 Å². The van der Waals surface area contributed by atoms with Crippen molar-refractivity contribution in [3.63, 3.8) is 0 Å². The van der Waals surface area contributed by atoms with Crippen molar-refractivity contribution in [3.05, 3.63) is 47.7 Å². The number of aromatic nitrogens is 2. The first-order chi connectivity index (χ1) is 13.6. The molecule has 2 aromatic rings. The van der Waals surface area contributed by atoms with Gasteiger partial charge in [0.25, 0.3) is 0 Å². The fraction of sp³-hybridized carbons (Fsp3) is 0.560. The lowest BCUT2D eigenvalue weighted by atomic mass is 9.37. The molecule has 29 heavy (non-hydrogen) atoms. The molecule has 3 nitrogen and oxygen atoms in total. The summed E-state index contributed by atoms with van der Waals surface area (Å²) in [4.78, 5) is 4.69. The van der Waals surface area contributed by atoms with Crippen LogP contribution in [0.5, 0.6) is 0 Å². The van der Waals surface area contributed by atoms with Crippen molar-refractivity contribution in [1.29, 1.82) is 0 Å². The molecule has 2 fully saturated rings. The number of halogens is 1. The SMILES string of the molecule is CC1[C@]23Cn4cnc(-c5ccc(F)cc5)c4C=C2CCC[C@@H]3[C@]1(O)CC(C)(C)C. The van der Waals surface area contributed by atoms with E-state index in [1.165, 1.54) is 17.7 Å². The van der Waals surface area contributed by atoms with Crippen molar-refractivity contribution in [2.45, 2.75) is 65.5 Å². The van der Waals surface area contributed by atoms with Crippen LogP contribution in [-0.2, 0) is 6.54 Å². The Kier molecular flexibility index (Phi) is 3.97. The summed E-state index contributed by atoms with van der Waals surface area (Å²) < 4.78 is 15.6. The number of hydrogen-bond donors (Lipinski definition) is 1. The Morgan fingerprint density at radius 1 is 1.24 bits per heavy atom. The summed E-state index contributed by atoms with van der Waals surface area (Å²) in [6, 6.07) is 6.60. The molecule has 154 valence electrons. The second-order valence-electron chi connectivity index (χ2n) is 10.7. The summed E-state index contributed by atoms with van der Waals surface area (Å²) >= 11 is 0. The fourth-order valence-corrected chi connectivity index (χ4v) is 6.77. The Morgan fingerprint density at radius 3 is 2.66 bits per heavy atom. The third-order valence-electron chi connectivity index (χ3n) is 7.84. The number of imidazole rings is 1. The first-order valence-corrected chi connectivity index (χ1v) is 10.9. The standard InChI is InChI=1S/C25H31FN2O/c1-16-24-14-28-15-27-22(17-8-10-19(26)11-9-17)20(28)12-18(24)6-5-7-21(24)25(16,29)13-23(2,3)4/h8-12,15-16,21,29H,5-7,13-14H2,1-4H3/t16?,21-,24+,25-/m0/s1. The zero-order valence-corrected chi connectivity index (χ0v) is 17.9. The highest BCUT2D eigenvalue weighted by Crippen LogP contribution is 2.70. The van der Waals surface area contributed by atoms with Gasteiger partial charge in [-0.15, -0.1) is 0 Å². The molecule has 1 N–H and O–H groups in total. The van der Waals surface area contributed by atoms with Gasteiger partial charge in [-0.1, -0.05) is 33.3 Å². The molecule has 4 heteroatoms. The third kappa shape index (κ3) is 2.61. The number of aliphatic hydroxyl groups is 1. The zero-order chi connectivity index (χ0) is 20.6. The van der Waals surface area contributed by atoms with Gasteiger partial charge >= 0.3 is 0 Å². The number of rotatable bonds is 2. The van der Waals surface area contributed by atoms with Gasteiger partial charge in [0, 0.05) is 17.5 Å². The molecule has 1 aromatic carbocycles. The van der Waals surface area contributed by atoms with Gasteiger partial charge in [-0.2, -0.15) is 0 Å². The summed E-state index contributed by atoms with van der Waals surface area (Å²) in [6.07, 6.45) is 8.43. The Labute approximate surface area is 172 Å². The van der Waals surface area contributed by atoms with Crippen LogP contribution in [0.25, 0.3) is 17.3 Å². The van der Waals surface area contributed by atoms with Crippen LogP contribution in [0, 0.1) is 28.5 Å². The molecule has 5 rings (SSSR count). The predicted octanol–water partition coefficient (Wildman–Crippen LogP) is 5.69. The molecular formula is C25H31FN2O. The van der Waals surface area contributed by atoms with Crippen molar-refractivity contribution < 1.29 is 9.50 Å². The van der Waals surface area contributed by atoms with Gasteiger partial charge in [-0.05, 0) is 73.3 Å². The van der Waals surface area contributed by atoms with Crippen LogP contribution in [0.1, 0.15) is 59.1 Å². The third-order valence-corrected chi connectivity index (χ3v) is 7.84. The van der Waals surface area contributed by atoms with E-state index in [1.54, 1.807) is 12.1 Å². The van der Waals surface area contributed by atoms with Crippen molar-refractivity contribution in [2.24, 2.45) is 22.7 Å². The maximum Gasteiger partial charge on any atom is 0.123 e. The van der Waals surface area contributed by atoms with Crippen molar-refractivity contribution in [2.75, 3.05) is 0 Å². The van der Waals surface area contributed by atoms with E-state index in [4.69, 9.17) is 4.98 Å². The largest absolute Gasteiger partial charge is 0.389 e. The van der Waals surface area contributed by atoms with Gasteiger partial charge in [-0.3, -0.25) is 0 Å². The van der Waals surface area contributed by atoms with Crippen LogP contribution in [0.3, 0.4) is 0 Å². The Balaban J connectivity index is 1.55. The number of hydrogen-bond acceptors (Lipinski definition) is 2. The van der Waals surface area contributed by atoms with Crippen molar-refractivity contribution in [1.82, 2.24) is 9.55 Å². The second kappa shape index (κ2) is 6.04. The summed E-state index contributed by atoms with van der Waals surface area (Å²) in [5, 5.41) is 11.7. The molecule has 0 radical (unpaired) electrons.